The lowest BCUT2D eigenvalue weighted by molar-refractivity contribution is 0.554. The third-order valence-electron chi connectivity index (χ3n) is 3.08. The highest BCUT2D eigenvalue weighted by Crippen LogP contribution is 2.29. The third-order valence-corrected chi connectivity index (χ3v) is 4.03. The zero-order valence-corrected chi connectivity index (χ0v) is 12.1. The number of nitriles is 1. The fourth-order valence-electron chi connectivity index (χ4n) is 2.02. The zero-order valence-electron chi connectivity index (χ0n) is 11.3. The van der Waals surface area contributed by atoms with Gasteiger partial charge in [-0.1, -0.05) is 32.0 Å². The van der Waals surface area contributed by atoms with E-state index in [0.29, 0.717) is 18.4 Å². The molecule has 0 saturated carbocycles. The van der Waals surface area contributed by atoms with Crippen molar-refractivity contribution in [3.05, 3.63) is 52.2 Å². The number of thiophene rings is 1. The van der Waals surface area contributed by atoms with Gasteiger partial charge in [0, 0.05) is 10.6 Å². The van der Waals surface area contributed by atoms with Gasteiger partial charge in [-0.25, -0.2) is 0 Å². The molecule has 0 aliphatic rings. The Hall–Kier alpha value is -1.79. The number of anilines is 1. The molecule has 1 atom stereocenters. The molecule has 2 aromatic rings. The van der Waals surface area contributed by atoms with Crippen LogP contribution in [0.2, 0.25) is 0 Å². The van der Waals surface area contributed by atoms with E-state index >= 15 is 0 Å². The Morgan fingerprint density at radius 1 is 1.21 bits per heavy atom. The Bertz CT molecular complexity index is 535. The van der Waals surface area contributed by atoms with Crippen molar-refractivity contribution in [3.63, 3.8) is 0 Å². The van der Waals surface area contributed by atoms with Crippen molar-refractivity contribution < 1.29 is 0 Å². The number of benzene rings is 1. The minimum Gasteiger partial charge on any atom is -0.377 e. The van der Waals surface area contributed by atoms with Crippen LogP contribution in [0.1, 0.15) is 30.3 Å². The molecule has 1 N–H and O–H groups in total. The molecule has 0 radical (unpaired) electrons. The number of nitrogens with one attached hydrogen (secondary N) is 1. The van der Waals surface area contributed by atoms with Gasteiger partial charge >= 0.3 is 0 Å². The fraction of sp³-hybridized carbons (Fsp3) is 0.312. The first-order chi connectivity index (χ1) is 9.20. The average Bonchev–Trinajstić information content (AvgIpc) is 2.91. The highest BCUT2D eigenvalue weighted by molar-refractivity contribution is 7.10. The summed E-state index contributed by atoms with van der Waals surface area (Å²) in [6, 6.07) is 14.9. The topological polar surface area (TPSA) is 35.8 Å². The van der Waals surface area contributed by atoms with Gasteiger partial charge in [0.2, 0.25) is 0 Å². The van der Waals surface area contributed by atoms with Gasteiger partial charge in [-0.3, -0.25) is 0 Å². The molecule has 3 heteroatoms. The number of hydrogen-bond acceptors (Lipinski definition) is 3. The second-order valence-corrected chi connectivity index (χ2v) is 5.89. The monoisotopic (exact) mass is 270 g/mol. The largest absolute Gasteiger partial charge is 0.377 e. The van der Waals surface area contributed by atoms with Gasteiger partial charge in [-0.2, -0.15) is 5.26 Å². The van der Waals surface area contributed by atoms with E-state index in [2.05, 4.69) is 54.9 Å². The smallest absolute Gasteiger partial charge is 0.0669 e. The Morgan fingerprint density at radius 3 is 2.47 bits per heavy atom. The van der Waals surface area contributed by atoms with Crippen molar-refractivity contribution in [2.75, 3.05) is 5.32 Å². The molecule has 98 valence electrons. The lowest BCUT2D eigenvalue weighted by Gasteiger charge is -2.22. The number of rotatable bonds is 5. The van der Waals surface area contributed by atoms with Crippen molar-refractivity contribution in [3.8, 4) is 6.07 Å². The van der Waals surface area contributed by atoms with Crippen LogP contribution in [0.4, 0.5) is 5.69 Å². The molecule has 1 aromatic heterocycles. The highest BCUT2D eigenvalue weighted by atomic mass is 32.1. The molecule has 0 spiro atoms. The van der Waals surface area contributed by atoms with Gasteiger partial charge in [-0.15, -0.1) is 11.3 Å². The summed E-state index contributed by atoms with van der Waals surface area (Å²) in [5.74, 6) is 0.525. The molecule has 0 bridgehead atoms. The molecule has 0 fully saturated rings. The molecular formula is C16H18N2S. The summed E-state index contributed by atoms with van der Waals surface area (Å²) in [4.78, 5) is 1.36. The fourth-order valence-corrected chi connectivity index (χ4v) is 2.97. The Balaban J connectivity index is 2.12. The molecular weight excluding hydrogens is 252 g/mol. The first-order valence-electron chi connectivity index (χ1n) is 6.46. The highest BCUT2D eigenvalue weighted by Gasteiger charge is 2.16. The summed E-state index contributed by atoms with van der Waals surface area (Å²) in [6.45, 7) is 4.45. The van der Waals surface area contributed by atoms with Crippen molar-refractivity contribution in [2.24, 2.45) is 5.92 Å². The Kier molecular flexibility index (Phi) is 4.59. The summed E-state index contributed by atoms with van der Waals surface area (Å²) in [6.07, 6.45) is 0.471. The van der Waals surface area contributed by atoms with Crippen molar-refractivity contribution >= 4 is 17.0 Å². The SMILES string of the molecule is CC(C)C(Nc1ccc(CC#N)cc1)c1cccs1. The summed E-state index contributed by atoms with van der Waals surface area (Å²) < 4.78 is 0. The Morgan fingerprint density at radius 2 is 1.95 bits per heavy atom. The molecule has 2 nitrogen and oxygen atoms in total. The van der Waals surface area contributed by atoms with E-state index in [-0.39, 0.29) is 0 Å². The molecule has 1 heterocycles. The first kappa shape index (κ1) is 13.6. The van der Waals surface area contributed by atoms with E-state index in [1.807, 2.05) is 12.1 Å². The molecule has 0 aliphatic carbocycles. The van der Waals surface area contributed by atoms with Gasteiger partial charge < -0.3 is 5.32 Å². The predicted octanol–water partition coefficient (Wildman–Crippen LogP) is 4.62. The lowest BCUT2D eigenvalue weighted by Crippen LogP contribution is -2.15. The quantitative estimate of drug-likeness (QED) is 0.860. The third kappa shape index (κ3) is 3.59. The van der Waals surface area contributed by atoms with Crippen LogP contribution in [0, 0.1) is 17.2 Å². The minimum atomic E-state index is 0.335. The van der Waals surface area contributed by atoms with Crippen molar-refractivity contribution in [1.82, 2.24) is 0 Å². The van der Waals surface area contributed by atoms with Crippen LogP contribution in [-0.2, 0) is 6.42 Å². The van der Waals surface area contributed by atoms with Gasteiger partial charge in [0.15, 0.2) is 0 Å². The molecule has 1 aromatic carbocycles. The van der Waals surface area contributed by atoms with E-state index in [1.165, 1.54) is 4.88 Å². The van der Waals surface area contributed by atoms with Gasteiger partial charge in [0.25, 0.3) is 0 Å². The van der Waals surface area contributed by atoms with E-state index in [0.717, 1.165) is 11.3 Å². The van der Waals surface area contributed by atoms with Crippen LogP contribution in [0.5, 0.6) is 0 Å². The van der Waals surface area contributed by atoms with Gasteiger partial charge in [-0.05, 0) is 35.1 Å². The van der Waals surface area contributed by atoms with Crippen LogP contribution in [0.25, 0.3) is 0 Å². The summed E-state index contributed by atoms with van der Waals surface area (Å²) in [7, 11) is 0. The molecule has 19 heavy (non-hydrogen) atoms. The second kappa shape index (κ2) is 6.40. The average molecular weight is 270 g/mol. The summed E-state index contributed by atoms with van der Waals surface area (Å²) in [5.41, 5.74) is 2.17. The normalized spacial score (nSPS) is 12.1. The minimum absolute atomic E-state index is 0.335. The van der Waals surface area contributed by atoms with Crippen molar-refractivity contribution in [2.45, 2.75) is 26.3 Å². The van der Waals surface area contributed by atoms with Crippen LogP contribution >= 0.6 is 11.3 Å². The molecule has 2 rings (SSSR count). The summed E-state index contributed by atoms with van der Waals surface area (Å²) >= 11 is 1.78. The maximum absolute atomic E-state index is 8.67. The van der Waals surface area contributed by atoms with E-state index in [1.54, 1.807) is 11.3 Å². The standard InChI is InChI=1S/C16H18N2S/c1-12(2)16(15-4-3-11-19-15)18-14-7-5-13(6-8-14)9-10-17/h3-8,11-12,16,18H,9H2,1-2H3. The maximum atomic E-state index is 8.67. The predicted molar refractivity (Wildman–Crippen MR) is 81.3 cm³/mol. The van der Waals surface area contributed by atoms with Crippen LogP contribution in [0.3, 0.4) is 0 Å². The number of nitrogens with zero attached hydrogens (tertiary/aromatic N) is 1. The molecule has 0 aliphatic heterocycles. The van der Waals surface area contributed by atoms with Crippen LogP contribution in [-0.4, -0.2) is 0 Å². The van der Waals surface area contributed by atoms with Crippen LogP contribution < -0.4 is 5.32 Å². The zero-order chi connectivity index (χ0) is 13.7. The van der Waals surface area contributed by atoms with Gasteiger partial charge in [0.1, 0.15) is 0 Å². The van der Waals surface area contributed by atoms with E-state index in [4.69, 9.17) is 5.26 Å². The maximum Gasteiger partial charge on any atom is 0.0669 e. The molecule has 1 unspecified atom stereocenters. The van der Waals surface area contributed by atoms with Crippen molar-refractivity contribution in [1.29, 1.82) is 5.26 Å². The molecule has 0 amide bonds. The lowest BCUT2D eigenvalue weighted by atomic mass is 10.0. The van der Waals surface area contributed by atoms with Gasteiger partial charge in [0.05, 0.1) is 18.5 Å². The number of hydrogen-bond donors (Lipinski definition) is 1. The van der Waals surface area contributed by atoms with E-state index < -0.39 is 0 Å². The van der Waals surface area contributed by atoms with E-state index in [9.17, 15) is 0 Å². The second-order valence-electron chi connectivity index (χ2n) is 4.91. The Labute approximate surface area is 118 Å². The van der Waals surface area contributed by atoms with Crippen LogP contribution in [0.15, 0.2) is 41.8 Å². The summed E-state index contributed by atoms with van der Waals surface area (Å²) in [5, 5.41) is 14.4. The molecule has 0 saturated heterocycles. The first-order valence-corrected chi connectivity index (χ1v) is 7.34.